The van der Waals surface area contributed by atoms with E-state index in [1.165, 1.54) is 35.2 Å². The number of aryl methyl sites for hydroxylation is 1. The Balaban J connectivity index is 2.19. The number of primary amides is 1. The van der Waals surface area contributed by atoms with Gasteiger partial charge in [0.2, 0.25) is 5.91 Å². The van der Waals surface area contributed by atoms with Crippen LogP contribution in [0, 0.1) is 11.6 Å². The van der Waals surface area contributed by atoms with Crippen LogP contribution in [0.25, 0.3) is 0 Å². The molecule has 0 aromatic heterocycles. The van der Waals surface area contributed by atoms with Gasteiger partial charge in [0.15, 0.2) is 0 Å². The first-order chi connectivity index (χ1) is 13.1. The second-order valence-corrected chi connectivity index (χ2v) is 7.55. The molecule has 0 unspecified atom stereocenters. The second-order valence-electron chi connectivity index (χ2n) is 7.55. The standard InChI is InChI=1S/C22H26F2N2O2/c1-5-14-13-15(9-10-17(14)23)21(28)26(4)12-11-22(2,3)19-16(20(25)27)7-6-8-18(19)24/h6-10,13H,5,11-12H2,1-4H3,(H2,25,27). The van der Waals surface area contributed by atoms with Crippen molar-refractivity contribution in [2.45, 2.75) is 39.0 Å². The van der Waals surface area contributed by atoms with Gasteiger partial charge in [0, 0.05) is 30.3 Å². The number of benzene rings is 2. The minimum Gasteiger partial charge on any atom is -0.366 e. The van der Waals surface area contributed by atoms with E-state index >= 15 is 0 Å². The van der Waals surface area contributed by atoms with Crippen molar-refractivity contribution < 1.29 is 18.4 Å². The number of rotatable bonds is 7. The van der Waals surface area contributed by atoms with Crippen LogP contribution >= 0.6 is 0 Å². The average Bonchev–Trinajstić information content (AvgIpc) is 2.65. The van der Waals surface area contributed by atoms with Crippen LogP contribution in [0.2, 0.25) is 0 Å². The normalized spacial score (nSPS) is 11.4. The predicted octanol–water partition coefficient (Wildman–Crippen LogP) is 4.07. The van der Waals surface area contributed by atoms with E-state index in [1.807, 2.05) is 20.8 Å². The molecule has 0 saturated carbocycles. The van der Waals surface area contributed by atoms with Gasteiger partial charge in [0.25, 0.3) is 5.91 Å². The molecule has 6 heteroatoms. The van der Waals surface area contributed by atoms with Crippen molar-refractivity contribution in [3.05, 3.63) is 70.3 Å². The summed E-state index contributed by atoms with van der Waals surface area (Å²) in [4.78, 5) is 25.9. The lowest BCUT2D eigenvalue weighted by Crippen LogP contribution is -2.33. The zero-order valence-electron chi connectivity index (χ0n) is 16.7. The fourth-order valence-corrected chi connectivity index (χ4v) is 3.29. The van der Waals surface area contributed by atoms with Gasteiger partial charge >= 0.3 is 0 Å². The molecule has 2 amide bonds. The summed E-state index contributed by atoms with van der Waals surface area (Å²) in [6.07, 6.45) is 0.908. The van der Waals surface area contributed by atoms with Crippen molar-refractivity contribution in [1.29, 1.82) is 0 Å². The molecule has 2 N–H and O–H groups in total. The summed E-state index contributed by atoms with van der Waals surface area (Å²) in [5.74, 6) is -1.76. The largest absolute Gasteiger partial charge is 0.366 e. The molecule has 0 aliphatic carbocycles. The summed E-state index contributed by atoms with van der Waals surface area (Å²) in [6, 6.07) is 8.56. The third kappa shape index (κ3) is 4.55. The molecule has 2 aromatic rings. The molecule has 0 radical (unpaired) electrons. The summed E-state index contributed by atoms with van der Waals surface area (Å²) in [5.41, 5.74) is 5.96. The Morgan fingerprint density at radius 3 is 2.39 bits per heavy atom. The molecule has 0 aliphatic rings. The van der Waals surface area contributed by atoms with Crippen LogP contribution in [-0.2, 0) is 11.8 Å². The zero-order valence-corrected chi connectivity index (χ0v) is 16.7. The van der Waals surface area contributed by atoms with Crippen molar-refractivity contribution in [1.82, 2.24) is 4.90 Å². The SMILES string of the molecule is CCc1cc(C(=O)N(C)CCC(C)(C)c2c(F)cccc2C(N)=O)ccc1F. The highest BCUT2D eigenvalue weighted by Gasteiger charge is 2.29. The van der Waals surface area contributed by atoms with Gasteiger partial charge in [-0.1, -0.05) is 26.8 Å². The maximum absolute atomic E-state index is 14.5. The van der Waals surface area contributed by atoms with Crippen LogP contribution in [0.3, 0.4) is 0 Å². The van der Waals surface area contributed by atoms with Crippen molar-refractivity contribution in [2.75, 3.05) is 13.6 Å². The maximum Gasteiger partial charge on any atom is 0.253 e. The smallest absolute Gasteiger partial charge is 0.253 e. The highest BCUT2D eigenvalue weighted by Crippen LogP contribution is 2.32. The first-order valence-corrected chi connectivity index (χ1v) is 9.21. The number of carbonyl (C=O) groups excluding carboxylic acids is 2. The first kappa shape index (κ1) is 21.5. The van der Waals surface area contributed by atoms with Gasteiger partial charge in [-0.05, 0) is 54.2 Å². The summed E-state index contributed by atoms with van der Waals surface area (Å²) in [6.45, 7) is 5.77. The van der Waals surface area contributed by atoms with Crippen LogP contribution in [0.15, 0.2) is 36.4 Å². The minimum absolute atomic E-state index is 0.144. The fourth-order valence-electron chi connectivity index (χ4n) is 3.29. The Morgan fingerprint density at radius 2 is 1.79 bits per heavy atom. The van der Waals surface area contributed by atoms with Gasteiger partial charge < -0.3 is 10.6 Å². The monoisotopic (exact) mass is 388 g/mol. The lowest BCUT2D eigenvalue weighted by molar-refractivity contribution is 0.0785. The Morgan fingerprint density at radius 1 is 1.11 bits per heavy atom. The van der Waals surface area contributed by atoms with Crippen LogP contribution in [-0.4, -0.2) is 30.3 Å². The van der Waals surface area contributed by atoms with Crippen LogP contribution in [0.4, 0.5) is 8.78 Å². The lowest BCUT2D eigenvalue weighted by Gasteiger charge is -2.30. The Hall–Kier alpha value is -2.76. The maximum atomic E-state index is 14.5. The van der Waals surface area contributed by atoms with Crippen LogP contribution in [0.5, 0.6) is 0 Å². The number of hydrogen-bond acceptors (Lipinski definition) is 2. The van der Waals surface area contributed by atoms with Crippen molar-refractivity contribution in [3.8, 4) is 0 Å². The van der Waals surface area contributed by atoms with Gasteiger partial charge in [0.05, 0.1) is 0 Å². The summed E-state index contributed by atoms with van der Waals surface area (Å²) in [5, 5.41) is 0. The average molecular weight is 388 g/mol. The Bertz CT molecular complexity index is 894. The van der Waals surface area contributed by atoms with Gasteiger partial charge in [-0.15, -0.1) is 0 Å². The summed E-state index contributed by atoms with van der Waals surface area (Å²) < 4.78 is 28.1. The highest BCUT2D eigenvalue weighted by molar-refractivity contribution is 5.95. The third-order valence-electron chi connectivity index (χ3n) is 5.05. The van der Waals surface area contributed by atoms with Gasteiger partial charge in [-0.25, -0.2) is 8.78 Å². The molecule has 4 nitrogen and oxygen atoms in total. The third-order valence-corrected chi connectivity index (χ3v) is 5.05. The number of amides is 2. The van der Waals surface area contributed by atoms with E-state index in [0.717, 1.165) is 0 Å². The Labute approximate surface area is 164 Å². The van der Waals surface area contributed by atoms with E-state index in [2.05, 4.69) is 0 Å². The van der Waals surface area contributed by atoms with E-state index in [9.17, 15) is 18.4 Å². The van der Waals surface area contributed by atoms with E-state index < -0.39 is 17.1 Å². The van der Waals surface area contributed by atoms with Crippen LogP contribution in [0.1, 0.15) is 59.0 Å². The van der Waals surface area contributed by atoms with Gasteiger partial charge in [0.1, 0.15) is 11.6 Å². The number of halogens is 2. The molecule has 0 fully saturated rings. The molecule has 0 heterocycles. The second kappa shape index (κ2) is 8.50. The molecular weight excluding hydrogens is 362 g/mol. The molecular formula is C22H26F2N2O2. The number of carbonyl (C=O) groups is 2. The molecule has 0 spiro atoms. The minimum atomic E-state index is -0.721. The van der Waals surface area contributed by atoms with E-state index in [0.29, 0.717) is 30.5 Å². The van der Waals surface area contributed by atoms with E-state index in [4.69, 9.17) is 5.73 Å². The molecule has 0 aliphatic heterocycles. The van der Waals surface area contributed by atoms with E-state index in [-0.39, 0.29) is 22.9 Å². The highest BCUT2D eigenvalue weighted by atomic mass is 19.1. The molecule has 150 valence electrons. The number of nitrogens with zero attached hydrogens (tertiary/aromatic N) is 1. The zero-order chi connectivity index (χ0) is 21.1. The molecule has 0 saturated heterocycles. The van der Waals surface area contributed by atoms with Crippen molar-refractivity contribution >= 4 is 11.8 Å². The molecule has 0 atom stereocenters. The van der Waals surface area contributed by atoms with Crippen LogP contribution < -0.4 is 5.73 Å². The van der Waals surface area contributed by atoms with Crippen molar-refractivity contribution in [3.63, 3.8) is 0 Å². The molecule has 0 bridgehead atoms. The predicted molar refractivity (Wildman–Crippen MR) is 105 cm³/mol. The van der Waals surface area contributed by atoms with Crippen molar-refractivity contribution in [2.24, 2.45) is 5.73 Å². The molecule has 2 aromatic carbocycles. The number of nitrogens with two attached hydrogens (primary N) is 1. The first-order valence-electron chi connectivity index (χ1n) is 9.21. The fraction of sp³-hybridized carbons (Fsp3) is 0.364. The molecule has 2 rings (SSSR count). The van der Waals surface area contributed by atoms with E-state index in [1.54, 1.807) is 13.1 Å². The quantitative estimate of drug-likeness (QED) is 0.777. The van der Waals surface area contributed by atoms with Gasteiger partial charge in [-0.2, -0.15) is 0 Å². The summed E-state index contributed by atoms with van der Waals surface area (Å²) >= 11 is 0. The molecule has 28 heavy (non-hydrogen) atoms. The Kier molecular flexibility index (Phi) is 6.54. The van der Waals surface area contributed by atoms with Gasteiger partial charge in [-0.3, -0.25) is 9.59 Å². The topological polar surface area (TPSA) is 63.4 Å². The lowest BCUT2D eigenvalue weighted by atomic mass is 9.78. The number of hydrogen-bond donors (Lipinski definition) is 1. The summed E-state index contributed by atoms with van der Waals surface area (Å²) in [7, 11) is 1.64.